The lowest BCUT2D eigenvalue weighted by molar-refractivity contribution is -0.141. The van der Waals surface area contributed by atoms with Crippen LogP contribution in [0, 0.1) is 0 Å². The molecule has 92 valence electrons. The molecule has 0 spiro atoms. The third kappa shape index (κ3) is 5.94. The lowest BCUT2D eigenvalue weighted by atomic mass is 10.0. The molecule has 0 aromatic carbocycles. The Balaban J connectivity index is 1.81. The van der Waals surface area contributed by atoms with Gasteiger partial charge in [0.25, 0.3) is 0 Å². The number of hydrogen-bond acceptors (Lipinski definition) is 2. The van der Waals surface area contributed by atoms with Crippen molar-refractivity contribution in [3.8, 4) is 0 Å². The van der Waals surface area contributed by atoms with E-state index >= 15 is 0 Å². The first kappa shape index (κ1) is 13.3. The Morgan fingerprint density at radius 3 is 2.50 bits per heavy atom. The fourth-order valence-electron chi connectivity index (χ4n) is 2.15. The molecule has 0 aromatic heterocycles. The van der Waals surface area contributed by atoms with Crippen molar-refractivity contribution >= 4 is 5.97 Å². The SMILES string of the molecule is C=CCCCCCCCC[C@@H]1CCC(=O)O1. The van der Waals surface area contributed by atoms with Gasteiger partial charge in [0.15, 0.2) is 0 Å². The maximum Gasteiger partial charge on any atom is 0.306 e. The summed E-state index contributed by atoms with van der Waals surface area (Å²) in [5.41, 5.74) is 0. The highest BCUT2D eigenvalue weighted by molar-refractivity contribution is 5.71. The summed E-state index contributed by atoms with van der Waals surface area (Å²) in [4.78, 5) is 10.9. The molecule has 0 aromatic rings. The monoisotopic (exact) mass is 224 g/mol. The van der Waals surface area contributed by atoms with Crippen LogP contribution in [0.4, 0.5) is 0 Å². The van der Waals surface area contributed by atoms with Crippen molar-refractivity contribution in [3.05, 3.63) is 12.7 Å². The van der Waals surface area contributed by atoms with Gasteiger partial charge in [0.1, 0.15) is 6.10 Å². The number of ether oxygens (including phenoxy) is 1. The largest absolute Gasteiger partial charge is 0.462 e. The lowest BCUT2D eigenvalue weighted by Crippen LogP contribution is -2.06. The first-order valence-corrected chi connectivity index (χ1v) is 6.63. The first-order valence-electron chi connectivity index (χ1n) is 6.63. The lowest BCUT2D eigenvalue weighted by Gasteiger charge is -2.08. The van der Waals surface area contributed by atoms with Crippen LogP contribution >= 0.6 is 0 Å². The van der Waals surface area contributed by atoms with Gasteiger partial charge in [-0.25, -0.2) is 0 Å². The molecule has 1 atom stereocenters. The average Bonchev–Trinajstić information content (AvgIpc) is 2.68. The normalized spacial score (nSPS) is 19.8. The molecule has 1 fully saturated rings. The summed E-state index contributed by atoms with van der Waals surface area (Å²) in [6.45, 7) is 3.72. The summed E-state index contributed by atoms with van der Waals surface area (Å²) in [5, 5.41) is 0. The molecule has 1 rings (SSSR count). The highest BCUT2D eigenvalue weighted by atomic mass is 16.5. The van der Waals surface area contributed by atoms with Crippen molar-refractivity contribution in [2.45, 2.75) is 70.3 Å². The van der Waals surface area contributed by atoms with Gasteiger partial charge < -0.3 is 4.74 Å². The van der Waals surface area contributed by atoms with Gasteiger partial charge in [-0.05, 0) is 32.1 Å². The van der Waals surface area contributed by atoms with Crippen LogP contribution in [0.5, 0.6) is 0 Å². The third-order valence-corrected chi connectivity index (χ3v) is 3.15. The Hall–Kier alpha value is -0.790. The molecular weight excluding hydrogens is 200 g/mol. The molecule has 0 bridgehead atoms. The van der Waals surface area contributed by atoms with Crippen LogP contribution in [-0.2, 0) is 9.53 Å². The third-order valence-electron chi connectivity index (χ3n) is 3.15. The number of carbonyl (C=O) groups excluding carboxylic acids is 1. The second-order valence-corrected chi connectivity index (χ2v) is 4.64. The summed E-state index contributed by atoms with van der Waals surface area (Å²) >= 11 is 0. The van der Waals surface area contributed by atoms with Crippen molar-refractivity contribution in [2.24, 2.45) is 0 Å². The zero-order valence-corrected chi connectivity index (χ0v) is 10.2. The van der Waals surface area contributed by atoms with Gasteiger partial charge in [-0.15, -0.1) is 6.58 Å². The van der Waals surface area contributed by atoms with Crippen LogP contribution in [0.15, 0.2) is 12.7 Å². The van der Waals surface area contributed by atoms with E-state index in [0.717, 1.165) is 19.3 Å². The molecule has 0 N–H and O–H groups in total. The quantitative estimate of drug-likeness (QED) is 0.336. The zero-order chi connectivity index (χ0) is 11.6. The van der Waals surface area contributed by atoms with E-state index < -0.39 is 0 Å². The molecule has 0 radical (unpaired) electrons. The molecule has 2 heteroatoms. The summed E-state index contributed by atoms with van der Waals surface area (Å²) in [5.74, 6) is -0.00516. The van der Waals surface area contributed by atoms with E-state index in [0.29, 0.717) is 6.42 Å². The van der Waals surface area contributed by atoms with Gasteiger partial charge in [0, 0.05) is 6.42 Å². The molecule has 1 saturated heterocycles. The molecule has 0 unspecified atom stereocenters. The van der Waals surface area contributed by atoms with Crippen LogP contribution in [0.3, 0.4) is 0 Å². The molecule has 0 saturated carbocycles. The Labute approximate surface area is 99.1 Å². The molecule has 1 aliphatic rings. The van der Waals surface area contributed by atoms with E-state index in [1.54, 1.807) is 0 Å². The number of esters is 1. The predicted octanol–water partition coefficient (Wildman–Crippen LogP) is 4.00. The van der Waals surface area contributed by atoms with Gasteiger partial charge >= 0.3 is 5.97 Å². The minimum atomic E-state index is -0.00516. The van der Waals surface area contributed by atoms with Crippen molar-refractivity contribution in [3.63, 3.8) is 0 Å². The zero-order valence-electron chi connectivity index (χ0n) is 10.2. The number of carbonyl (C=O) groups is 1. The molecule has 2 nitrogen and oxygen atoms in total. The summed E-state index contributed by atoms with van der Waals surface area (Å²) < 4.78 is 5.17. The van der Waals surface area contributed by atoms with Gasteiger partial charge in [0.2, 0.25) is 0 Å². The molecule has 16 heavy (non-hydrogen) atoms. The topological polar surface area (TPSA) is 26.3 Å². The van der Waals surface area contributed by atoms with E-state index in [1.807, 2.05) is 6.08 Å². The predicted molar refractivity (Wildman–Crippen MR) is 66.2 cm³/mol. The Morgan fingerprint density at radius 2 is 1.88 bits per heavy atom. The highest BCUT2D eigenvalue weighted by Gasteiger charge is 2.22. The van der Waals surface area contributed by atoms with Gasteiger partial charge in [-0.2, -0.15) is 0 Å². The second-order valence-electron chi connectivity index (χ2n) is 4.64. The number of unbranched alkanes of at least 4 members (excludes halogenated alkanes) is 6. The van der Waals surface area contributed by atoms with Crippen molar-refractivity contribution < 1.29 is 9.53 Å². The van der Waals surface area contributed by atoms with Gasteiger partial charge in [-0.1, -0.05) is 31.8 Å². The Bertz CT molecular complexity index is 211. The molecular formula is C14H24O2. The summed E-state index contributed by atoms with van der Waals surface area (Å²) in [7, 11) is 0. The molecule has 0 aliphatic carbocycles. The van der Waals surface area contributed by atoms with E-state index in [4.69, 9.17) is 4.74 Å². The van der Waals surface area contributed by atoms with Crippen molar-refractivity contribution in [1.82, 2.24) is 0 Å². The smallest absolute Gasteiger partial charge is 0.306 e. The van der Waals surface area contributed by atoms with Crippen molar-refractivity contribution in [1.29, 1.82) is 0 Å². The fourth-order valence-corrected chi connectivity index (χ4v) is 2.15. The fraction of sp³-hybridized carbons (Fsp3) is 0.786. The number of hydrogen-bond donors (Lipinski definition) is 0. The number of cyclic esters (lactones) is 1. The molecule has 1 aliphatic heterocycles. The standard InChI is InChI=1S/C14H24O2/c1-2-3-4-5-6-7-8-9-10-13-11-12-14(15)16-13/h2,13H,1,3-12H2/t13-/m1/s1. The second kappa shape index (κ2) is 8.37. The van der Waals surface area contributed by atoms with E-state index in [9.17, 15) is 4.79 Å². The Morgan fingerprint density at radius 1 is 1.19 bits per heavy atom. The minimum Gasteiger partial charge on any atom is -0.462 e. The van der Waals surface area contributed by atoms with Gasteiger partial charge in [0.05, 0.1) is 0 Å². The maximum absolute atomic E-state index is 10.9. The highest BCUT2D eigenvalue weighted by Crippen LogP contribution is 2.19. The summed E-state index contributed by atoms with van der Waals surface area (Å²) in [6.07, 6.45) is 13.8. The van der Waals surface area contributed by atoms with Crippen LogP contribution in [0.2, 0.25) is 0 Å². The van der Waals surface area contributed by atoms with Crippen LogP contribution in [-0.4, -0.2) is 12.1 Å². The molecule has 1 heterocycles. The minimum absolute atomic E-state index is 0.00516. The van der Waals surface area contributed by atoms with Crippen LogP contribution in [0.25, 0.3) is 0 Å². The Kier molecular flexibility index (Phi) is 6.95. The maximum atomic E-state index is 10.9. The van der Waals surface area contributed by atoms with E-state index in [2.05, 4.69) is 6.58 Å². The average molecular weight is 224 g/mol. The number of rotatable bonds is 9. The van der Waals surface area contributed by atoms with E-state index in [1.165, 1.54) is 38.5 Å². The van der Waals surface area contributed by atoms with Crippen molar-refractivity contribution in [2.75, 3.05) is 0 Å². The first-order chi connectivity index (χ1) is 7.83. The summed E-state index contributed by atoms with van der Waals surface area (Å²) in [6, 6.07) is 0. The molecule has 0 amide bonds. The van der Waals surface area contributed by atoms with Crippen LogP contribution in [0.1, 0.15) is 64.2 Å². The number of allylic oxidation sites excluding steroid dienone is 1. The van der Waals surface area contributed by atoms with Crippen LogP contribution < -0.4 is 0 Å². The van der Waals surface area contributed by atoms with E-state index in [-0.39, 0.29) is 12.1 Å². The van der Waals surface area contributed by atoms with Gasteiger partial charge in [-0.3, -0.25) is 4.79 Å².